The van der Waals surface area contributed by atoms with Crippen molar-refractivity contribution in [3.8, 4) is 5.75 Å². The molecule has 0 spiro atoms. The Morgan fingerprint density at radius 2 is 1.90 bits per heavy atom. The standard InChI is InChI=1S/C21H32N4O3.HI/c1-3-27-21(26)24-19(16-9-10-16)15-23-20(22-2)25-13-11-18(12-14-25)28-17-7-5-4-6-8-17;/h4-8,16,18-19H,3,9-15H2,1-2H3,(H,22,23)(H,24,26);1H. The summed E-state index contributed by atoms with van der Waals surface area (Å²) in [6.45, 7) is 4.67. The number of alkyl carbamates (subject to hydrolysis) is 1. The molecule has 1 heterocycles. The van der Waals surface area contributed by atoms with Crippen molar-refractivity contribution in [2.45, 2.75) is 44.8 Å². The summed E-state index contributed by atoms with van der Waals surface area (Å²) in [5, 5.41) is 6.42. The number of piperidine rings is 1. The van der Waals surface area contributed by atoms with Gasteiger partial charge in [-0.2, -0.15) is 0 Å². The Bertz CT molecular complexity index is 647. The van der Waals surface area contributed by atoms with Crippen LogP contribution >= 0.6 is 24.0 Å². The summed E-state index contributed by atoms with van der Waals surface area (Å²) in [4.78, 5) is 18.5. The van der Waals surface area contributed by atoms with Gasteiger partial charge in [-0.05, 0) is 37.8 Å². The van der Waals surface area contributed by atoms with Gasteiger partial charge in [0, 0.05) is 39.5 Å². The largest absolute Gasteiger partial charge is 0.490 e. The zero-order chi connectivity index (χ0) is 19.8. The van der Waals surface area contributed by atoms with Crippen molar-refractivity contribution in [2.75, 3.05) is 33.3 Å². The number of rotatable bonds is 7. The fourth-order valence-corrected chi connectivity index (χ4v) is 3.57. The average Bonchev–Trinajstić information content (AvgIpc) is 3.55. The van der Waals surface area contributed by atoms with Gasteiger partial charge in [0.25, 0.3) is 0 Å². The van der Waals surface area contributed by atoms with Crippen LogP contribution in [0.5, 0.6) is 5.75 Å². The van der Waals surface area contributed by atoms with Crippen LogP contribution in [0.15, 0.2) is 35.3 Å². The number of nitrogens with one attached hydrogen (secondary N) is 2. The van der Waals surface area contributed by atoms with Crippen molar-refractivity contribution in [1.29, 1.82) is 0 Å². The predicted molar refractivity (Wildman–Crippen MR) is 125 cm³/mol. The van der Waals surface area contributed by atoms with Gasteiger partial charge in [-0.1, -0.05) is 18.2 Å². The Morgan fingerprint density at radius 1 is 1.21 bits per heavy atom. The maximum absolute atomic E-state index is 11.8. The number of aliphatic imine (C=N–C) groups is 1. The van der Waals surface area contributed by atoms with Crippen molar-refractivity contribution in [3.63, 3.8) is 0 Å². The molecule has 0 aromatic heterocycles. The van der Waals surface area contributed by atoms with E-state index in [4.69, 9.17) is 9.47 Å². The van der Waals surface area contributed by atoms with Crippen molar-refractivity contribution < 1.29 is 14.3 Å². The van der Waals surface area contributed by atoms with E-state index in [0.717, 1.165) is 50.5 Å². The van der Waals surface area contributed by atoms with Crippen LogP contribution in [0, 0.1) is 5.92 Å². The molecule has 1 saturated heterocycles. The minimum atomic E-state index is -0.338. The second kappa shape index (κ2) is 12.1. The maximum Gasteiger partial charge on any atom is 0.407 e. The van der Waals surface area contributed by atoms with E-state index in [-0.39, 0.29) is 42.2 Å². The fraction of sp³-hybridized carbons (Fsp3) is 0.619. The van der Waals surface area contributed by atoms with E-state index in [1.807, 2.05) is 37.3 Å². The molecule has 1 aromatic rings. The molecule has 1 saturated carbocycles. The molecule has 0 bridgehead atoms. The molecule has 7 nitrogen and oxygen atoms in total. The van der Waals surface area contributed by atoms with Crippen LogP contribution in [0.4, 0.5) is 4.79 Å². The van der Waals surface area contributed by atoms with Crippen molar-refractivity contribution in [3.05, 3.63) is 30.3 Å². The normalized spacial score (nSPS) is 18.4. The molecule has 1 aromatic carbocycles. The summed E-state index contributed by atoms with van der Waals surface area (Å²) >= 11 is 0. The second-order valence-corrected chi connectivity index (χ2v) is 7.35. The summed E-state index contributed by atoms with van der Waals surface area (Å²) in [5.41, 5.74) is 0. The van der Waals surface area contributed by atoms with Gasteiger partial charge in [0.2, 0.25) is 0 Å². The smallest absolute Gasteiger partial charge is 0.407 e. The molecule has 1 aliphatic heterocycles. The Hall–Kier alpha value is -1.71. The minimum absolute atomic E-state index is 0. The molecule has 3 rings (SSSR count). The molecule has 2 aliphatic rings. The van der Waals surface area contributed by atoms with Gasteiger partial charge in [0.05, 0.1) is 12.6 Å². The Labute approximate surface area is 190 Å². The predicted octanol–water partition coefficient (Wildman–Crippen LogP) is 3.25. The minimum Gasteiger partial charge on any atom is -0.490 e. The third-order valence-corrected chi connectivity index (χ3v) is 5.25. The SMILES string of the molecule is CCOC(=O)NC(CNC(=NC)N1CCC(Oc2ccccc2)CC1)C1CC1.I. The zero-order valence-corrected chi connectivity index (χ0v) is 19.6. The number of halogens is 1. The number of benzene rings is 1. The van der Waals surface area contributed by atoms with Crippen LogP contribution in [-0.2, 0) is 4.74 Å². The molecule has 29 heavy (non-hydrogen) atoms. The highest BCUT2D eigenvalue weighted by molar-refractivity contribution is 14.0. The number of carbonyl (C=O) groups is 1. The second-order valence-electron chi connectivity index (χ2n) is 7.35. The monoisotopic (exact) mass is 516 g/mol. The third-order valence-electron chi connectivity index (χ3n) is 5.25. The zero-order valence-electron chi connectivity index (χ0n) is 17.3. The number of ether oxygens (including phenoxy) is 2. The number of amides is 1. The Morgan fingerprint density at radius 3 is 2.48 bits per heavy atom. The van der Waals surface area contributed by atoms with Crippen LogP contribution in [0.2, 0.25) is 0 Å². The van der Waals surface area contributed by atoms with E-state index < -0.39 is 0 Å². The van der Waals surface area contributed by atoms with E-state index in [1.54, 1.807) is 7.05 Å². The molecule has 1 amide bonds. The molecule has 2 fully saturated rings. The molecule has 162 valence electrons. The summed E-state index contributed by atoms with van der Waals surface area (Å²) in [7, 11) is 1.81. The van der Waals surface area contributed by atoms with Crippen LogP contribution in [0.3, 0.4) is 0 Å². The van der Waals surface area contributed by atoms with Gasteiger partial charge in [-0.15, -0.1) is 24.0 Å². The van der Waals surface area contributed by atoms with Gasteiger partial charge in [-0.25, -0.2) is 4.79 Å². The number of guanidine groups is 1. The molecule has 0 radical (unpaired) electrons. The van der Waals surface area contributed by atoms with E-state index in [0.29, 0.717) is 19.1 Å². The van der Waals surface area contributed by atoms with Gasteiger partial charge >= 0.3 is 6.09 Å². The Balaban J connectivity index is 0.00000300. The van der Waals surface area contributed by atoms with E-state index in [1.165, 1.54) is 0 Å². The number of para-hydroxylation sites is 1. The molecular formula is C21H33IN4O3. The molecule has 8 heteroatoms. The number of hydrogen-bond donors (Lipinski definition) is 2. The lowest BCUT2D eigenvalue weighted by atomic mass is 10.1. The first-order valence-corrected chi connectivity index (χ1v) is 10.3. The van der Waals surface area contributed by atoms with Gasteiger partial charge < -0.3 is 25.0 Å². The lowest BCUT2D eigenvalue weighted by Crippen LogP contribution is -2.51. The first kappa shape index (κ1) is 23.6. The van der Waals surface area contributed by atoms with Crippen molar-refractivity contribution in [2.24, 2.45) is 10.9 Å². The fourth-order valence-electron chi connectivity index (χ4n) is 3.57. The third kappa shape index (κ3) is 7.56. The quantitative estimate of drug-likeness (QED) is 0.331. The molecular weight excluding hydrogens is 483 g/mol. The van der Waals surface area contributed by atoms with Gasteiger partial charge in [0.15, 0.2) is 5.96 Å². The molecule has 1 aliphatic carbocycles. The number of carbonyl (C=O) groups excluding carboxylic acids is 1. The van der Waals surface area contributed by atoms with Crippen LogP contribution < -0.4 is 15.4 Å². The summed E-state index contributed by atoms with van der Waals surface area (Å²) in [6.07, 6.45) is 4.13. The average molecular weight is 516 g/mol. The molecule has 1 unspecified atom stereocenters. The van der Waals surface area contributed by atoms with Gasteiger partial charge in [-0.3, -0.25) is 4.99 Å². The highest BCUT2D eigenvalue weighted by atomic mass is 127. The topological polar surface area (TPSA) is 75.2 Å². The number of likely N-dealkylation sites (tertiary alicyclic amines) is 1. The molecule has 1 atom stereocenters. The molecule has 2 N–H and O–H groups in total. The lowest BCUT2D eigenvalue weighted by molar-refractivity contribution is 0.129. The first-order valence-electron chi connectivity index (χ1n) is 10.3. The highest BCUT2D eigenvalue weighted by Crippen LogP contribution is 2.32. The first-order chi connectivity index (χ1) is 13.7. The van der Waals surface area contributed by atoms with Crippen molar-refractivity contribution >= 4 is 36.0 Å². The lowest BCUT2D eigenvalue weighted by Gasteiger charge is -2.34. The van der Waals surface area contributed by atoms with E-state index in [9.17, 15) is 4.79 Å². The number of hydrogen-bond acceptors (Lipinski definition) is 4. The highest BCUT2D eigenvalue weighted by Gasteiger charge is 2.33. The van der Waals surface area contributed by atoms with Crippen LogP contribution in [0.25, 0.3) is 0 Å². The van der Waals surface area contributed by atoms with Gasteiger partial charge in [0.1, 0.15) is 11.9 Å². The number of nitrogens with zero attached hydrogens (tertiary/aromatic N) is 2. The van der Waals surface area contributed by atoms with Crippen molar-refractivity contribution in [1.82, 2.24) is 15.5 Å². The summed E-state index contributed by atoms with van der Waals surface area (Å²) < 4.78 is 11.1. The Kier molecular flexibility index (Phi) is 9.83. The van der Waals surface area contributed by atoms with Crippen LogP contribution in [-0.4, -0.2) is 62.4 Å². The van der Waals surface area contributed by atoms with E-state index >= 15 is 0 Å². The maximum atomic E-state index is 11.8. The summed E-state index contributed by atoms with van der Waals surface area (Å²) in [5.74, 6) is 2.34. The van der Waals surface area contributed by atoms with Crippen LogP contribution in [0.1, 0.15) is 32.6 Å². The summed E-state index contributed by atoms with van der Waals surface area (Å²) in [6, 6.07) is 10.1. The van der Waals surface area contributed by atoms with E-state index in [2.05, 4.69) is 20.5 Å².